The Kier molecular flexibility index (Phi) is 4.83. The van der Waals surface area contributed by atoms with Gasteiger partial charge in [0.15, 0.2) is 29.0 Å². The molecule has 0 saturated carbocycles. The van der Waals surface area contributed by atoms with Crippen molar-refractivity contribution in [3.8, 4) is 0 Å². The first-order valence-electron chi connectivity index (χ1n) is 5.59. The van der Waals surface area contributed by atoms with Crippen LogP contribution in [0.5, 0.6) is 0 Å². The number of ketones is 3. The Bertz CT molecular complexity index is 381. The van der Waals surface area contributed by atoms with Crippen molar-refractivity contribution in [3.63, 3.8) is 0 Å². The molecular weight excluding hydrogens is 244 g/mol. The number of aldehydes is 1. The Morgan fingerprint density at radius 2 is 1.39 bits per heavy atom. The molecule has 0 bridgehead atoms. The van der Waals surface area contributed by atoms with Crippen LogP contribution in [0.15, 0.2) is 0 Å². The largest absolute Gasteiger partial charge is 0.388 e. The van der Waals surface area contributed by atoms with Crippen LogP contribution in [-0.2, 0) is 19.2 Å². The first-order valence-corrected chi connectivity index (χ1v) is 5.09. The monoisotopic (exact) mass is 261 g/mol. The fourth-order valence-electron chi connectivity index (χ4n) is 1.87. The van der Waals surface area contributed by atoms with Crippen LogP contribution in [0.25, 0.3) is 0 Å². The van der Waals surface area contributed by atoms with Crippen LogP contribution in [0.1, 0.15) is 22.1 Å². The molecule has 0 aromatic carbocycles. The predicted octanol–water partition coefficient (Wildman–Crippen LogP) is -1.98. The van der Waals surface area contributed by atoms with Crippen molar-refractivity contribution in [2.75, 3.05) is 0 Å². The lowest BCUT2D eigenvalue weighted by Crippen LogP contribution is -2.59. The molecule has 0 aromatic rings. The van der Waals surface area contributed by atoms with Crippen molar-refractivity contribution in [1.29, 1.82) is 0 Å². The molecule has 0 aliphatic rings. The molecule has 102 valence electrons. The Morgan fingerprint density at radius 3 is 1.61 bits per heavy atom. The number of Topliss-reactive ketones (excluding diaryl/α,β-unsaturated/α-hetero) is 3. The van der Waals surface area contributed by atoms with Gasteiger partial charge < -0.3 is 20.1 Å². The predicted molar refractivity (Wildman–Crippen MR) is 58.6 cm³/mol. The van der Waals surface area contributed by atoms with Crippen LogP contribution in [-0.4, -0.2) is 57.2 Å². The van der Waals surface area contributed by atoms with E-state index in [4.69, 9.17) is 1.37 Å². The van der Waals surface area contributed by atoms with Gasteiger partial charge in [-0.1, -0.05) is 0 Å². The van der Waals surface area contributed by atoms with Crippen molar-refractivity contribution >= 4 is 23.6 Å². The van der Waals surface area contributed by atoms with Crippen molar-refractivity contribution in [3.05, 3.63) is 0 Å². The molecule has 18 heavy (non-hydrogen) atoms. The molecule has 0 fully saturated rings. The van der Waals surface area contributed by atoms with Gasteiger partial charge in [0.25, 0.3) is 0 Å². The number of carbonyl (C=O) groups excluding carboxylic acids is 4. The number of hydrogen-bond acceptors (Lipinski definition) is 7. The molecule has 0 unspecified atom stereocenters. The summed E-state index contributed by atoms with van der Waals surface area (Å²) in [5.74, 6) is -3.07. The number of hydrogen-bond donors (Lipinski definition) is 3. The van der Waals surface area contributed by atoms with E-state index in [9.17, 15) is 34.5 Å². The summed E-state index contributed by atoms with van der Waals surface area (Å²) < 4.78 is 6.62. The van der Waals surface area contributed by atoms with E-state index in [0.717, 1.165) is 20.8 Å². The van der Waals surface area contributed by atoms with Gasteiger partial charge in [0.05, 0.1) is 0 Å². The minimum Gasteiger partial charge on any atom is -0.388 e. The molecular formula is C11H16O7. The maximum Gasteiger partial charge on any atom is 0.173 e. The van der Waals surface area contributed by atoms with E-state index in [0.29, 0.717) is 0 Å². The summed E-state index contributed by atoms with van der Waals surface area (Å²) in [7, 11) is 0. The Morgan fingerprint density at radius 1 is 1.06 bits per heavy atom. The Labute approximate surface area is 105 Å². The smallest absolute Gasteiger partial charge is 0.173 e. The average Bonchev–Trinajstić information content (AvgIpc) is 2.25. The molecule has 0 aromatic heterocycles. The van der Waals surface area contributed by atoms with Crippen LogP contribution >= 0.6 is 0 Å². The topological polar surface area (TPSA) is 129 Å². The van der Waals surface area contributed by atoms with E-state index >= 15 is 0 Å². The van der Waals surface area contributed by atoms with E-state index in [1.54, 1.807) is 0 Å². The first-order chi connectivity index (χ1) is 8.51. The average molecular weight is 261 g/mol. The Balaban J connectivity index is 5.77. The normalized spacial score (nSPS) is 17.3. The van der Waals surface area contributed by atoms with Crippen LogP contribution in [0.3, 0.4) is 0 Å². The molecule has 3 atom stereocenters. The lowest BCUT2D eigenvalue weighted by molar-refractivity contribution is -0.166. The highest BCUT2D eigenvalue weighted by Gasteiger charge is 2.55. The minimum atomic E-state index is -2.56. The molecule has 0 radical (unpaired) electrons. The van der Waals surface area contributed by atoms with Crippen LogP contribution in [0.4, 0.5) is 0 Å². The third kappa shape index (κ3) is 2.53. The second-order valence-corrected chi connectivity index (χ2v) is 3.97. The zero-order chi connectivity index (χ0) is 15.5. The molecule has 7 nitrogen and oxygen atoms in total. The molecule has 7 heteroatoms. The van der Waals surface area contributed by atoms with E-state index in [-0.39, 0.29) is 0 Å². The van der Waals surface area contributed by atoms with Crippen LogP contribution in [0, 0.1) is 5.41 Å². The molecule has 0 aliphatic carbocycles. The van der Waals surface area contributed by atoms with Crippen molar-refractivity contribution in [1.82, 2.24) is 0 Å². The third-order valence-electron chi connectivity index (χ3n) is 2.88. The number of aliphatic hydroxyl groups excluding tert-OH is 3. The fraction of sp³-hybridized carbons (Fsp3) is 0.636. The van der Waals surface area contributed by atoms with Crippen LogP contribution in [0.2, 0.25) is 0 Å². The van der Waals surface area contributed by atoms with Crippen molar-refractivity contribution in [2.24, 2.45) is 5.41 Å². The maximum absolute atomic E-state index is 11.6. The first kappa shape index (κ1) is 14.6. The summed E-state index contributed by atoms with van der Waals surface area (Å²) in [5.41, 5.74) is -2.56. The van der Waals surface area contributed by atoms with E-state index < -0.39 is 47.3 Å². The zero-order valence-corrected chi connectivity index (χ0v) is 10.2. The van der Waals surface area contributed by atoms with Gasteiger partial charge in [-0.25, -0.2) is 0 Å². The summed E-state index contributed by atoms with van der Waals surface area (Å²) in [6.07, 6.45) is -8.56. The number of rotatable bonds is 7. The lowest BCUT2D eigenvalue weighted by Gasteiger charge is -2.34. The summed E-state index contributed by atoms with van der Waals surface area (Å²) in [5, 5.41) is 28.6. The van der Waals surface area contributed by atoms with Gasteiger partial charge in [-0.05, 0) is 20.8 Å². The summed E-state index contributed by atoms with van der Waals surface area (Å²) in [6.45, 7) is 2.61. The standard InChI is InChI=1S/C11H16O7/c1-5(13)11(6(2)14,7(3)15)10(18)9(17)8(16)4-12/h4,8-10,16-18H,1-3H3/t8-,9-,10-/m0/s1/i4D. The second kappa shape index (κ2) is 5.94. The van der Waals surface area contributed by atoms with Gasteiger partial charge in [0.2, 0.25) is 0 Å². The highest BCUT2D eigenvalue weighted by molar-refractivity contribution is 6.23. The fourth-order valence-corrected chi connectivity index (χ4v) is 1.87. The van der Waals surface area contributed by atoms with E-state index in [1.165, 1.54) is 0 Å². The highest BCUT2D eigenvalue weighted by atomic mass is 16.4. The molecule has 0 amide bonds. The van der Waals surface area contributed by atoms with E-state index in [2.05, 4.69) is 0 Å². The molecule has 3 N–H and O–H groups in total. The van der Waals surface area contributed by atoms with Crippen molar-refractivity contribution in [2.45, 2.75) is 39.1 Å². The number of carbonyl (C=O) groups is 4. The SMILES string of the molecule is [2H]C(=O)[C@H](O)[C@H](O)[C@H](O)C(C(C)=O)(C(C)=O)C(C)=O. The molecule has 0 saturated heterocycles. The summed E-state index contributed by atoms with van der Waals surface area (Å²) in [6, 6.07) is 0. The maximum atomic E-state index is 11.6. The van der Waals surface area contributed by atoms with Gasteiger partial charge in [0.1, 0.15) is 19.7 Å². The van der Waals surface area contributed by atoms with Gasteiger partial charge in [-0.3, -0.25) is 14.4 Å². The Hall–Kier alpha value is -1.44. The van der Waals surface area contributed by atoms with Gasteiger partial charge in [0, 0.05) is 0 Å². The number of aliphatic hydroxyl groups is 3. The summed E-state index contributed by atoms with van der Waals surface area (Å²) >= 11 is 0. The summed E-state index contributed by atoms with van der Waals surface area (Å²) in [4.78, 5) is 45.3. The quantitative estimate of drug-likeness (QED) is 0.358. The molecule has 0 heterocycles. The molecule has 0 aliphatic heterocycles. The van der Waals surface area contributed by atoms with Gasteiger partial charge >= 0.3 is 0 Å². The second-order valence-electron chi connectivity index (χ2n) is 3.97. The van der Waals surface area contributed by atoms with E-state index in [1.807, 2.05) is 0 Å². The highest BCUT2D eigenvalue weighted by Crippen LogP contribution is 2.29. The minimum absolute atomic E-state index is 0.869. The molecule has 0 spiro atoms. The third-order valence-corrected chi connectivity index (χ3v) is 2.88. The molecule has 0 rings (SSSR count). The van der Waals surface area contributed by atoms with Crippen molar-refractivity contribution < 1.29 is 35.9 Å². The lowest BCUT2D eigenvalue weighted by atomic mass is 9.70. The van der Waals surface area contributed by atoms with Gasteiger partial charge in [-0.15, -0.1) is 0 Å². The van der Waals surface area contributed by atoms with Crippen LogP contribution < -0.4 is 0 Å². The zero-order valence-electron chi connectivity index (χ0n) is 11.2. The van der Waals surface area contributed by atoms with Gasteiger partial charge in [-0.2, -0.15) is 0 Å².